The molecular weight excluding hydrogens is 208 g/mol. The number of thiol groups is 1. The minimum absolute atomic E-state index is 0.00944. The molecule has 78 valence electrons. The minimum Gasteiger partial charge on any atom is -0.390 e. The normalized spacial score (nSPS) is 46.4. The Bertz CT molecular complexity index is 165. The van der Waals surface area contributed by atoms with E-state index in [4.69, 9.17) is 4.74 Å². The Morgan fingerprint density at radius 3 is 2.69 bits per heavy atom. The lowest BCUT2D eigenvalue weighted by Crippen LogP contribution is -2.59. The van der Waals surface area contributed by atoms with E-state index in [-0.39, 0.29) is 12.2 Å². The second-order valence-corrected chi connectivity index (χ2v) is 4.93. The fourth-order valence-corrected chi connectivity index (χ4v) is 2.88. The largest absolute Gasteiger partial charge is 0.390 e. The molecule has 0 radical (unpaired) electrons. The van der Waals surface area contributed by atoms with E-state index >= 15 is 0 Å². The van der Waals surface area contributed by atoms with Crippen molar-refractivity contribution >= 4 is 22.5 Å². The number of hydrogen-bond acceptors (Lipinski definition) is 5. The molecule has 0 aromatic rings. The van der Waals surface area contributed by atoms with Gasteiger partial charge in [0.05, 0.1) is 18.3 Å². The van der Waals surface area contributed by atoms with Crippen molar-refractivity contribution in [1.29, 1.82) is 0 Å². The summed E-state index contributed by atoms with van der Waals surface area (Å²) in [6.45, 7) is 3.68. The van der Waals surface area contributed by atoms with Crippen LogP contribution in [0.5, 0.6) is 0 Å². The van der Waals surface area contributed by atoms with E-state index in [2.05, 4.69) is 11.7 Å². The molecule has 0 aliphatic carbocycles. The third-order valence-electron chi connectivity index (χ3n) is 2.57. The second-order valence-electron chi connectivity index (χ2n) is 3.61. The van der Waals surface area contributed by atoms with E-state index in [0.29, 0.717) is 12.2 Å². The average molecular weight is 224 g/mol. The summed E-state index contributed by atoms with van der Waals surface area (Å²) in [5.74, 6) is 0.380. The summed E-state index contributed by atoms with van der Waals surface area (Å²) in [5, 5.41) is 19.8. The molecule has 4 atom stereocenters. The zero-order chi connectivity index (χ0) is 10.1. The Balaban J connectivity index is 2.70. The van der Waals surface area contributed by atoms with Crippen LogP contribution in [0.3, 0.4) is 0 Å². The third kappa shape index (κ3) is 2.33. The zero-order valence-corrected chi connectivity index (χ0v) is 9.52. The molecule has 3 nitrogen and oxygen atoms in total. The van der Waals surface area contributed by atoms with Gasteiger partial charge in [0, 0.05) is 12.2 Å². The van der Waals surface area contributed by atoms with E-state index in [1.54, 1.807) is 6.92 Å². The molecule has 0 aromatic heterocycles. The highest BCUT2D eigenvalue weighted by Crippen LogP contribution is 2.32. The van der Waals surface area contributed by atoms with E-state index in [1.807, 2.05) is 6.92 Å². The molecule has 1 aliphatic rings. The van der Waals surface area contributed by atoms with Crippen LogP contribution in [0.25, 0.3) is 0 Å². The van der Waals surface area contributed by atoms with Crippen molar-refractivity contribution in [2.75, 3.05) is 5.75 Å². The molecule has 0 bridgehead atoms. The van der Waals surface area contributed by atoms with Crippen molar-refractivity contribution in [3.8, 4) is 0 Å². The molecule has 4 unspecified atom stereocenters. The Labute approximate surface area is 87.7 Å². The number of aliphatic hydroxyl groups excluding tert-OH is 1. The molecule has 5 heteroatoms. The average Bonchev–Trinajstić information content (AvgIpc) is 2.01. The number of aliphatic hydroxyl groups is 2. The number of ether oxygens (including phenoxy) is 1. The van der Waals surface area contributed by atoms with Gasteiger partial charge in [0.2, 0.25) is 0 Å². The molecule has 1 saturated heterocycles. The Hall–Kier alpha value is 0.580. The van der Waals surface area contributed by atoms with E-state index in [9.17, 15) is 10.2 Å². The molecular formula is C8H16O3S2. The highest BCUT2D eigenvalue weighted by molar-refractivity contribution is 8.68. The fraction of sp³-hybridized carbons (Fsp3) is 1.00. The molecule has 1 rings (SSSR count). The highest BCUT2D eigenvalue weighted by atomic mass is 33.1. The second kappa shape index (κ2) is 4.40. The van der Waals surface area contributed by atoms with Gasteiger partial charge in [-0.3, -0.25) is 0 Å². The maximum absolute atomic E-state index is 10.1. The monoisotopic (exact) mass is 224 g/mol. The van der Waals surface area contributed by atoms with Gasteiger partial charge < -0.3 is 14.9 Å². The third-order valence-corrected chi connectivity index (χ3v) is 3.55. The van der Waals surface area contributed by atoms with Crippen LogP contribution in [-0.4, -0.2) is 39.9 Å². The lowest BCUT2D eigenvalue weighted by Gasteiger charge is -2.43. The van der Waals surface area contributed by atoms with Gasteiger partial charge in [-0.25, -0.2) is 0 Å². The van der Waals surface area contributed by atoms with Crippen LogP contribution in [-0.2, 0) is 4.74 Å². The summed E-state index contributed by atoms with van der Waals surface area (Å²) < 4.78 is 5.47. The predicted molar refractivity (Wildman–Crippen MR) is 57.0 cm³/mol. The van der Waals surface area contributed by atoms with Crippen molar-refractivity contribution in [3.05, 3.63) is 0 Å². The van der Waals surface area contributed by atoms with Gasteiger partial charge in [0.25, 0.3) is 0 Å². The topological polar surface area (TPSA) is 49.7 Å². The van der Waals surface area contributed by atoms with Crippen LogP contribution in [0.4, 0.5) is 0 Å². The van der Waals surface area contributed by atoms with Gasteiger partial charge in [0.15, 0.2) is 0 Å². The summed E-state index contributed by atoms with van der Waals surface area (Å²) in [4.78, 5) is 0. The fourth-order valence-electron chi connectivity index (χ4n) is 1.63. The molecule has 0 saturated carbocycles. The maximum Gasteiger partial charge on any atom is 0.126 e. The minimum atomic E-state index is -1.15. The summed E-state index contributed by atoms with van der Waals surface area (Å²) in [6, 6.07) is 0. The van der Waals surface area contributed by atoms with Crippen molar-refractivity contribution in [1.82, 2.24) is 0 Å². The lowest BCUT2D eigenvalue weighted by atomic mass is 9.86. The highest BCUT2D eigenvalue weighted by Gasteiger charge is 2.46. The molecule has 1 fully saturated rings. The van der Waals surface area contributed by atoms with Crippen molar-refractivity contribution in [2.45, 2.75) is 44.2 Å². The van der Waals surface area contributed by atoms with Crippen LogP contribution in [0, 0.1) is 0 Å². The quantitative estimate of drug-likeness (QED) is 0.481. The van der Waals surface area contributed by atoms with E-state index < -0.39 is 11.7 Å². The first-order chi connectivity index (χ1) is 6.00. The Morgan fingerprint density at radius 2 is 2.23 bits per heavy atom. The van der Waals surface area contributed by atoms with E-state index in [1.165, 1.54) is 10.8 Å². The van der Waals surface area contributed by atoms with Crippen LogP contribution in [0.1, 0.15) is 20.3 Å². The van der Waals surface area contributed by atoms with Gasteiger partial charge in [-0.1, -0.05) is 10.8 Å². The van der Waals surface area contributed by atoms with Crippen LogP contribution < -0.4 is 0 Å². The molecule has 0 spiro atoms. The van der Waals surface area contributed by atoms with E-state index in [0.717, 1.165) is 0 Å². The van der Waals surface area contributed by atoms with Crippen LogP contribution in [0.15, 0.2) is 0 Å². The summed E-state index contributed by atoms with van der Waals surface area (Å²) >= 11 is 3.98. The van der Waals surface area contributed by atoms with Crippen LogP contribution >= 0.6 is 22.5 Å². The maximum atomic E-state index is 10.1. The lowest BCUT2D eigenvalue weighted by molar-refractivity contribution is -0.206. The zero-order valence-electron chi connectivity index (χ0n) is 7.80. The van der Waals surface area contributed by atoms with Crippen molar-refractivity contribution in [3.63, 3.8) is 0 Å². The molecule has 0 amide bonds. The molecule has 13 heavy (non-hydrogen) atoms. The molecule has 1 heterocycles. The predicted octanol–water partition coefficient (Wildman–Crippen LogP) is 0.854. The van der Waals surface area contributed by atoms with Gasteiger partial charge in [-0.2, -0.15) is 0 Å². The number of hydrogen-bond donors (Lipinski definition) is 3. The molecule has 1 aliphatic heterocycles. The Morgan fingerprint density at radius 1 is 1.62 bits per heavy atom. The smallest absolute Gasteiger partial charge is 0.126 e. The van der Waals surface area contributed by atoms with Crippen molar-refractivity contribution in [2.24, 2.45) is 0 Å². The molecule has 0 aromatic carbocycles. The first-order valence-electron chi connectivity index (χ1n) is 4.33. The summed E-state index contributed by atoms with van der Waals surface area (Å²) in [6.07, 6.45) is -0.568. The Kier molecular flexibility index (Phi) is 3.94. The van der Waals surface area contributed by atoms with Crippen molar-refractivity contribution < 1.29 is 14.9 Å². The standard InChI is InChI=1S/C8H16O3S2/c1-5-3-7(9)8(10,4-13-12)6(2)11-5/h5-7,9-10,12H,3-4H2,1-2H3. The van der Waals surface area contributed by atoms with Gasteiger partial charge in [-0.15, -0.1) is 11.7 Å². The van der Waals surface area contributed by atoms with Crippen LogP contribution in [0.2, 0.25) is 0 Å². The van der Waals surface area contributed by atoms with Gasteiger partial charge >= 0.3 is 0 Å². The summed E-state index contributed by atoms with van der Waals surface area (Å²) in [7, 11) is 1.22. The first kappa shape index (κ1) is 11.7. The summed E-state index contributed by atoms with van der Waals surface area (Å²) in [5.41, 5.74) is -1.15. The first-order valence-corrected chi connectivity index (χ1v) is 6.36. The number of rotatable bonds is 2. The van der Waals surface area contributed by atoms with Gasteiger partial charge in [-0.05, 0) is 13.8 Å². The molecule has 2 N–H and O–H groups in total. The van der Waals surface area contributed by atoms with Gasteiger partial charge in [0.1, 0.15) is 5.60 Å². The SMILES string of the molecule is CC1CC(O)C(O)(CSS)C(C)O1.